The molecule has 1 aliphatic carbocycles. The first-order valence-electron chi connectivity index (χ1n) is 7.21. The van der Waals surface area contributed by atoms with Crippen LogP contribution in [-0.4, -0.2) is 24.7 Å². The summed E-state index contributed by atoms with van der Waals surface area (Å²) < 4.78 is 5.53. The number of nitrogens with zero attached hydrogens (tertiary/aromatic N) is 1. The fourth-order valence-corrected chi connectivity index (χ4v) is 3.01. The van der Waals surface area contributed by atoms with Crippen molar-refractivity contribution < 1.29 is 9.53 Å². The van der Waals surface area contributed by atoms with Crippen LogP contribution in [0.15, 0.2) is 30.3 Å². The molecule has 104 valence electrons. The number of para-hydroxylation sites is 1. The van der Waals surface area contributed by atoms with Crippen molar-refractivity contribution in [1.82, 2.24) is 0 Å². The van der Waals surface area contributed by atoms with E-state index in [4.69, 9.17) is 4.74 Å². The molecule has 1 aliphatic rings. The second-order valence-electron chi connectivity index (χ2n) is 5.12. The average Bonchev–Trinajstić information content (AvgIpc) is 2.42. The van der Waals surface area contributed by atoms with Crippen LogP contribution in [0, 0.1) is 0 Å². The Morgan fingerprint density at radius 3 is 2.58 bits per heavy atom. The Balaban J connectivity index is 2.17. The van der Waals surface area contributed by atoms with Crippen molar-refractivity contribution >= 4 is 11.7 Å². The van der Waals surface area contributed by atoms with E-state index in [1.165, 1.54) is 19.0 Å². The molecule has 1 aromatic carbocycles. The Morgan fingerprint density at radius 1 is 1.26 bits per heavy atom. The molecular formula is C16H23NO2. The van der Waals surface area contributed by atoms with Crippen molar-refractivity contribution in [3.05, 3.63) is 30.3 Å². The van der Waals surface area contributed by atoms with E-state index in [0.717, 1.165) is 25.8 Å². The fraction of sp³-hybridized carbons (Fsp3) is 0.562. The zero-order valence-electron chi connectivity index (χ0n) is 11.8. The first-order valence-corrected chi connectivity index (χ1v) is 7.21. The summed E-state index contributed by atoms with van der Waals surface area (Å²) in [7, 11) is 0. The van der Waals surface area contributed by atoms with Gasteiger partial charge in [-0.3, -0.25) is 4.79 Å². The lowest BCUT2D eigenvalue weighted by atomic mass is 9.90. The van der Waals surface area contributed by atoms with Crippen molar-refractivity contribution in [2.24, 2.45) is 0 Å². The first kappa shape index (κ1) is 13.9. The number of carbonyl (C=O) groups excluding carboxylic acids is 1. The number of likely N-dealkylation sites (N-methyl/N-ethyl adjacent to an activating group) is 1. The molecule has 3 nitrogen and oxygen atoms in total. The van der Waals surface area contributed by atoms with Gasteiger partial charge in [0.1, 0.15) is 6.10 Å². The molecule has 0 amide bonds. The number of benzene rings is 1. The second kappa shape index (κ2) is 6.60. The monoisotopic (exact) mass is 261 g/mol. The lowest BCUT2D eigenvalue weighted by molar-refractivity contribution is -0.148. The van der Waals surface area contributed by atoms with E-state index in [-0.39, 0.29) is 12.1 Å². The quantitative estimate of drug-likeness (QED) is 0.778. The van der Waals surface area contributed by atoms with Crippen LogP contribution < -0.4 is 4.90 Å². The van der Waals surface area contributed by atoms with Crippen LogP contribution in [0.1, 0.15) is 39.5 Å². The smallest absolute Gasteiger partial charge is 0.302 e. The van der Waals surface area contributed by atoms with Crippen molar-refractivity contribution in [2.45, 2.75) is 51.7 Å². The highest BCUT2D eigenvalue weighted by Gasteiger charge is 2.31. The van der Waals surface area contributed by atoms with E-state index in [0.29, 0.717) is 6.04 Å². The molecule has 1 fully saturated rings. The lowest BCUT2D eigenvalue weighted by Crippen LogP contribution is -2.47. The highest BCUT2D eigenvalue weighted by molar-refractivity contribution is 5.66. The number of hydrogen-bond donors (Lipinski definition) is 0. The minimum atomic E-state index is -0.166. The zero-order chi connectivity index (χ0) is 13.7. The van der Waals surface area contributed by atoms with Crippen LogP contribution in [-0.2, 0) is 9.53 Å². The van der Waals surface area contributed by atoms with Crippen LogP contribution in [0.2, 0.25) is 0 Å². The first-order chi connectivity index (χ1) is 9.22. The number of ether oxygens (including phenoxy) is 1. The Labute approximate surface area is 115 Å². The summed E-state index contributed by atoms with van der Waals surface area (Å²) in [6, 6.07) is 10.7. The van der Waals surface area contributed by atoms with E-state index in [9.17, 15) is 4.79 Å². The Bertz CT molecular complexity index is 404. The maximum Gasteiger partial charge on any atom is 0.302 e. The molecule has 1 aromatic rings. The summed E-state index contributed by atoms with van der Waals surface area (Å²) in [6.45, 7) is 4.60. The second-order valence-corrected chi connectivity index (χ2v) is 5.12. The van der Waals surface area contributed by atoms with Crippen LogP contribution >= 0.6 is 0 Å². The Morgan fingerprint density at radius 2 is 1.95 bits per heavy atom. The van der Waals surface area contributed by atoms with Crippen molar-refractivity contribution in [3.8, 4) is 0 Å². The molecule has 0 heterocycles. The van der Waals surface area contributed by atoms with Gasteiger partial charge in [-0.2, -0.15) is 0 Å². The summed E-state index contributed by atoms with van der Waals surface area (Å²) in [5.74, 6) is -0.166. The van der Waals surface area contributed by atoms with Gasteiger partial charge in [0.05, 0.1) is 6.04 Å². The molecule has 0 N–H and O–H groups in total. The van der Waals surface area contributed by atoms with Crippen LogP contribution in [0.3, 0.4) is 0 Å². The van der Waals surface area contributed by atoms with Crippen LogP contribution in [0.25, 0.3) is 0 Å². The van der Waals surface area contributed by atoms with E-state index in [1.54, 1.807) is 0 Å². The van der Waals surface area contributed by atoms with Gasteiger partial charge in [0.2, 0.25) is 0 Å². The van der Waals surface area contributed by atoms with Gasteiger partial charge in [-0.15, -0.1) is 0 Å². The Hall–Kier alpha value is -1.51. The van der Waals surface area contributed by atoms with E-state index >= 15 is 0 Å². The predicted octanol–water partition coefficient (Wildman–Crippen LogP) is 3.39. The molecule has 0 saturated heterocycles. The maximum atomic E-state index is 11.3. The Kier molecular flexibility index (Phi) is 4.83. The molecule has 1 saturated carbocycles. The number of hydrogen-bond acceptors (Lipinski definition) is 3. The minimum Gasteiger partial charge on any atom is -0.460 e. The maximum absolute atomic E-state index is 11.3. The topological polar surface area (TPSA) is 29.5 Å². The van der Waals surface area contributed by atoms with Crippen molar-refractivity contribution in [2.75, 3.05) is 11.4 Å². The third-order valence-corrected chi connectivity index (χ3v) is 3.81. The van der Waals surface area contributed by atoms with E-state index in [2.05, 4.69) is 36.1 Å². The summed E-state index contributed by atoms with van der Waals surface area (Å²) in [5.41, 5.74) is 1.22. The van der Waals surface area contributed by atoms with Gasteiger partial charge in [-0.1, -0.05) is 24.6 Å². The summed E-state index contributed by atoms with van der Waals surface area (Å²) in [4.78, 5) is 13.6. The molecule has 0 aromatic heterocycles. The van der Waals surface area contributed by atoms with Crippen molar-refractivity contribution in [1.29, 1.82) is 0 Å². The van der Waals surface area contributed by atoms with E-state index in [1.807, 2.05) is 6.07 Å². The summed E-state index contributed by atoms with van der Waals surface area (Å²) >= 11 is 0. The molecule has 2 atom stereocenters. The number of esters is 1. The molecular weight excluding hydrogens is 238 g/mol. The molecule has 19 heavy (non-hydrogen) atoms. The highest BCUT2D eigenvalue weighted by Crippen LogP contribution is 2.29. The van der Waals surface area contributed by atoms with Gasteiger partial charge >= 0.3 is 5.97 Å². The molecule has 0 spiro atoms. The van der Waals surface area contributed by atoms with Gasteiger partial charge in [0.25, 0.3) is 0 Å². The van der Waals surface area contributed by atoms with Crippen molar-refractivity contribution in [3.63, 3.8) is 0 Å². The van der Waals surface area contributed by atoms with Gasteiger partial charge in [0, 0.05) is 19.2 Å². The summed E-state index contributed by atoms with van der Waals surface area (Å²) in [6.07, 6.45) is 4.48. The fourth-order valence-electron chi connectivity index (χ4n) is 3.01. The predicted molar refractivity (Wildman–Crippen MR) is 77.3 cm³/mol. The molecule has 0 unspecified atom stereocenters. The summed E-state index contributed by atoms with van der Waals surface area (Å²) in [5, 5.41) is 0. The molecule has 0 aliphatic heterocycles. The SMILES string of the molecule is CCN(c1ccccc1)[C@H]1CCCC[C@@H]1OC(C)=O. The number of anilines is 1. The largest absolute Gasteiger partial charge is 0.460 e. The number of rotatable bonds is 4. The van der Waals surface area contributed by atoms with Gasteiger partial charge in [0.15, 0.2) is 0 Å². The zero-order valence-corrected chi connectivity index (χ0v) is 11.8. The lowest BCUT2D eigenvalue weighted by Gasteiger charge is -2.40. The standard InChI is InChI=1S/C16H23NO2/c1-3-17(14-9-5-4-6-10-14)15-11-7-8-12-16(15)19-13(2)18/h4-6,9-10,15-16H,3,7-8,11-12H2,1-2H3/t15-,16-/m0/s1. The number of carbonyl (C=O) groups is 1. The molecule has 2 rings (SSSR count). The molecule has 0 bridgehead atoms. The van der Waals surface area contributed by atoms with Crippen LogP contribution in [0.5, 0.6) is 0 Å². The van der Waals surface area contributed by atoms with E-state index < -0.39 is 0 Å². The van der Waals surface area contributed by atoms with Gasteiger partial charge in [-0.05, 0) is 38.3 Å². The normalized spacial score (nSPS) is 22.8. The third kappa shape index (κ3) is 3.49. The molecule has 3 heteroatoms. The molecule has 0 radical (unpaired) electrons. The third-order valence-electron chi connectivity index (χ3n) is 3.81. The van der Waals surface area contributed by atoms with Gasteiger partial charge < -0.3 is 9.64 Å². The highest BCUT2D eigenvalue weighted by atomic mass is 16.5. The minimum absolute atomic E-state index is 0.0337. The average molecular weight is 261 g/mol. The van der Waals surface area contributed by atoms with Crippen LogP contribution in [0.4, 0.5) is 5.69 Å². The van der Waals surface area contributed by atoms with Gasteiger partial charge in [-0.25, -0.2) is 0 Å².